The van der Waals surface area contributed by atoms with Crippen LogP contribution in [-0.2, 0) is 14.3 Å². The van der Waals surface area contributed by atoms with Crippen molar-refractivity contribution in [2.24, 2.45) is 0 Å². The van der Waals surface area contributed by atoms with Crippen molar-refractivity contribution in [1.29, 1.82) is 0 Å². The summed E-state index contributed by atoms with van der Waals surface area (Å²) in [6.45, 7) is 7.55. The molecule has 6 heteroatoms. The minimum absolute atomic E-state index is 0.0598. The number of likely N-dealkylation sites (tertiary alicyclic amines) is 1. The molecule has 2 heterocycles. The smallest absolute Gasteiger partial charge is 0.240 e. The number of aryl methyl sites for hydroxylation is 2. The van der Waals surface area contributed by atoms with Crippen LogP contribution in [0.25, 0.3) is 0 Å². The number of hydrogen-bond acceptors (Lipinski definition) is 4. The Labute approximate surface area is 149 Å². The average molecular weight is 345 g/mol. The highest BCUT2D eigenvalue weighted by Gasteiger charge is 2.35. The van der Waals surface area contributed by atoms with Crippen molar-refractivity contribution in [3.05, 3.63) is 29.3 Å². The highest BCUT2D eigenvalue weighted by molar-refractivity contribution is 5.93. The van der Waals surface area contributed by atoms with Crippen molar-refractivity contribution < 1.29 is 14.3 Å². The monoisotopic (exact) mass is 345 g/mol. The molecular weight excluding hydrogens is 318 g/mol. The Kier molecular flexibility index (Phi) is 5.71. The molecule has 2 amide bonds. The van der Waals surface area contributed by atoms with Gasteiger partial charge in [-0.05, 0) is 50.4 Å². The Morgan fingerprint density at radius 1 is 1.20 bits per heavy atom. The highest BCUT2D eigenvalue weighted by Crippen LogP contribution is 2.21. The molecule has 0 radical (unpaired) electrons. The second-order valence-corrected chi connectivity index (χ2v) is 6.93. The van der Waals surface area contributed by atoms with Gasteiger partial charge in [0.25, 0.3) is 0 Å². The fraction of sp³-hybridized carbons (Fsp3) is 0.579. The fourth-order valence-electron chi connectivity index (χ4n) is 3.53. The highest BCUT2D eigenvalue weighted by atomic mass is 16.5. The number of morpholine rings is 1. The number of ether oxygens (including phenoxy) is 1. The van der Waals surface area contributed by atoms with Crippen LogP contribution in [0, 0.1) is 13.8 Å². The van der Waals surface area contributed by atoms with Gasteiger partial charge in [0, 0.05) is 18.8 Å². The van der Waals surface area contributed by atoms with E-state index in [1.807, 2.05) is 41.8 Å². The lowest BCUT2D eigenvalue weighted by Gasteiger charge is -2.32. The number of nitrogens with one attached hydrogen (secondary N) is 1. The molecule has 1 atom stereocenters. The number of carbonyl (C=O) groups is 2. The number of hydrogen-bond donors (Lipinski definition) is 1. The summed E-state index contributed by atoms with van der Waals surface area (Å²) in [6.07, 6.45) is 1.78. The molecular formula is C19H27N3O3. The van der Waals surface area contributed by atoms with Gasteiger partial charge in [0.05, 0.1) is 25.8 Å². The van der Waals surface area contributed by atoms with Gasteiger partial charge in [0.15, 0.2) is 0 Å². The topological polar surface area (TPSA) is 61.9 Å². The third kappa shape index (κ3) is 4.38. The van der Waals surface area contributed by atoms with Crippen molar-refractivity contribution in [2.45, 2.75) is 32.7 Å². The van der Waals surface area contributed by atoms with E-state index in [-0.39, 0.29) is 24.4 Å². The van der Waals surface area contributed by atoms with Gasteiger partial charge in [-0.15, -0.1) is 0 Å². The lowest BCUT2D eigenvalue weighted by atomic mass is 10.1. The van der Waals surface area contributed by atoms with Crippen LogP contribution >= 0.6 is 0 Å². The van der Waals surface area contributed by atoms with Crippen LogP contribution in [0.2, 0.25) is 0 Å². The van der Waals surface area contributed by atoms with Gasteiger partial charge in [-0.3, -0.25) is 14.5 Å². The molecule has 0 spiro atoms. The summed E-state index contributed by atoms with van der Waals surface area (Å²) in [5, 5.41) is 2.99. The molecule has 2 saturated heterocycles. The van der Waals surface area contributed by atoms with Crippen molar-refractivity contribution >= 4 is 17.5 Å². The minimum Gasteiger partial charge on any atom is -0.378 e. The van der Waals surface area contributed by atoms with Crippen LogP contribution in [0.15, 0.2) is 18.2 Å². The first-order valence-corrected chi connectivity index (χ1v) is 9.02. The predicted octanol–water partition coefficient (Wildman–Crippen LogP) is 1.57. The van der Waals surface area contributed by atoms with Gasteiger partial charge in [-0.2, -0.15) is 0 Å². The molecule has 3 rings (SSSR count). The first-order valence-electron chi connectivity index (χ1n) is 9.02. The van der Waals surface area contributed by atoms with E-state index in [0.29, 0.717) is 26.3 Å². The van der Waals surface area contributed by atoms with Crippen molar-refractivity contribution in [3.8, 4) is 0 Å². The quantitative estimate of drug-likeness (QED) is 0.900. The van der Waals surface area contributed by atoms with E-state index in [1.165, 1.54) is 0 Å². The molecule has 0 aliphatic carbocycles. The van der Waals surface area contributed by atoms with Crippen LogP contribution in [0.4, 0.5) is 5.69 Å². The number of amides is 2. The zero-order valence-electron chi connectivity index (χ0n) is 15.1. The molecule has 0 saturated carbocycles. The standard InChI is InChI=1S/C19H27N3O3/c1-14-5-6-15(2)16(12-14)20-18(23)13-22-7-3-4-17(22)19(24)21-8-10-25-11-9-21/h5-6,12,17H,3-4,7-11,13H2,1-2H3,(H,20,23). The van der Waals surface area contributed by atoms with Crippen molar-refractivity contribution in [2.75, 3.05) is 44.7 Å². The van der Waals surface area contributed by atoms with Gasteiger partial charge >= 0.3 is 0 Å². The lowest BCUT2D eigenvalue weighted by Crippen LogP contribution is -2.50. The first kappa shape index (κ1) is 17.9. The van der Waals surface area contributed by atoms with E-state index in [4.69, 9.17) is 4.74 Å². The summed E-state index contributed by atoms with van der Waals surface area (Å²) in [4.78, 5) is 29.1. The maximum atomic E-state index is 12.7. The van der Waals surface area contributed by atoms with E-state index in [9.17, 15) is 9.59 Å². The zero-order chi connectivity index (χ0) is 17.8. The van der Waals surface area contributed by atoms with Crippen LogP contribution in [-0.4, -0.2) is 67.0 Å². The molecule has 25 heavy (non-hydrogen) atoms. The third-order valence-corrected chi connectivity index (χ3v) is 4.99. The normalized spacial score (nSPS) is 21.4. The second-order valence-electron chi connectivity index (χ2n) is 6.93. The van der Waals surface area contributed by atoms with Gasteiger partial charge in [0.2, 0.25) is 11.8 Å². The lowest BCUT2D eigenvalue weighted by molar-refractivity contribution is -0.140. The Morgan fingerprint density at radius 3 is 2.72 bits per heavy atom. The molecule has 2 aliphatic rings. The summed E-state index contributed by atoms with van der Waals surface area (Å²) in [5.41, 5.74) is 3.00. The molecule has 6 nitrogen and oxygen atoms in total. The molecule has 2 fully saturated rings. The maximum Gasteiger partial charge on any atom is 0.240 e. The van der Waals surface area contributed by atoms with E-state index in [1.54, 1.807) is 0 Å². The molecule has 1 aromatic carbocycles. The van der Waals surface area contributed by atoms with Crippen LogP contribution in [0.3, 0.4) is 0 Å². The summed E-state index contributed by atoms with van der Waals surface area (Å²) < 4.78 is 5.32. The van der Waals surface area contributed by atoms with Gasteiger partial charge in [-0.25, -0.2) is 0 Å². The number of nitrogens with zero attached hydrogens (tertiary/aromatic N) is 2. The molecule has 1 N–H and O–H groups in total. The average Bonchev–Trinajstić information content (AvgIpc) is 3.06. The number of rotatable bonds is 4. The number of carbonyl (C=O) groups excluding carboxylic acids is 2. The third-order valence-electron chi connectivity index (χ3n) is 4.99. The van der Waals surface area contributed by atoms with Crippen molar-refractivity contribution in [1.82, 2.24) is 9.80 Å². The largest absolute Gasteiger partial charge is 0.378 e. The van der Waals surface area contributed by atoms with Crippen LogP contribution < -0.4 is 5.32 Å². The summed E-state index contributed by atoms with van der Waals surface area (Å²) in [6, 6.07) is 5.84. The van der Waals surface area contributed by atoms with Gasteiger partial charge in [-0.1, -0.05) is 12.1 Å². The fourth-order valence-corrected chi connectivity index (χ4v) is 3.53. The Morgan fingerprint density at radius 2 is 1.96 bits per heavy atom. The molecule has 1 aromatic rings. The van der Waals surface area contributed by atoms with Crippen LogP contribution in [0.1, 0.15) is 24.0 Å². The molecule has 136 valence electrons. The summed E-state index contributed by atoms with van der Waals surface area (Å²) in [5.74, 6) is 0.0794. The zero-order valence-corrected chi connectivity index (χ0v) is 15.1. The van der Waals surface area contributed by atoms with E-state index in [2.05, 4.69) is 5.32 Å². The van der Waals surface area contributed by atoms with Gasteiger partial charge < -0.3 is 15.0 Å². The summed E-state index contributed by atoms with van der Waals surface area (Å²) in [7, 11) is 0. The molecule has 2 aliphatic heterocycles. The molecule has 0 aromatic heterocycles. The molecule has 0 bridgehead atoms. The molecule has 1 unspecified atom stereocenters. The Balaban J connectivity index is 1.59. The van der Waals surface area contributed by atoms with Crippen LogP contribution in [0.5, 0.6) is 0 Å². The second kappa shape index (κ2) is 7.97. The first-order chi connectivity index (χ1) is 12.0. The Hall–Kier alpha value is -1.92. The number of benzene rings is 1. The van der Waals surface area contributed by atoms with Gasteiger partial charge in [0.1, 0.15) is 0 Å². The SMILES string of the molecule is Cc1ccc(C)c(NC(=O)CN2CCCC2C(=O)N2CCOCC2)c1. The van der Waals surface area contributed by atoms with E-state index >= 15 is 0 Å². The van der Waals surface area contributed by atoms with E-state index < -0.39 is 0 Å². The predicted molar refractivity (Wildman–Crippen MR) is 96.5 cm³/mol. The minimum atomic E-state index is -0.178. The van der Waals surface area contributed by atoms with Crippen molar-refractivity contribution in [3.63, 3.8) is 0 Å². The number of anilines is 1. The summed E-state index contributed by atoms with van der Waals surface area (Å²) >= 11 is 0. The van der Waals surface area contributed by atoms with E-state index in [0.717, 1.165) is 36.2 Å². The Bertz CT molecular complexity index is 641. The maximum absolute atomic E-state index is 12.7.